The van der Waals surface area contributed by atoms with Gasteiger partial charge in [0.2, 0.25) is 0 Å². The van der Waals surface area contributed by atoms with E-state index in [1.807, 2.05) is 19.2 Å². The van der Waals surface area contributed by atoms with Crippen LogP contribution in [0.4, 0.5) is 11.6 Å². The molecule has 2 aliphatic rings. The molecule has 6 heteroatoms. The van der Waals surface area contributed by atoms with E-state index in [-0.39, 0.29) is 0 Å². The summed E-state index contributed by atoms with van der Waals surface area (Å²) in [5, 5.41) is 0. The van der Waals surface area contributed by atoms with Crippen molar-refractivity contribution in [2.45, 2.75) is 13.8 Å². The molecule has 2 atom stereocenters. The van der Waals surface area contributed by atoms with Crippen molar-refractivity contribution in [2.24, 2.45) is 11.8 Å². The summed E-state index contributed by atoms with van der Waals surface area (Å²) in [6, 6.07) is 2.00. The lowest BCUT2D eigenvalue weighted by Crippen LogP contribution is -2.30. The molecule has 0 aliphatic carbocycles. The fourth-order valence-electron chi connectivity index (χ4n) is 3.67. The number of nitrogens with zero attached hydrogens (tertiary/aromatic N) is 6. The van der Waals surface area contributed by atoms with Crippen LogP contribution in [0.5, 0.6) is 0 Å². The maximum atomic E-state index is 4.51. The van der Waals surface area contributed by atoms with E-state index in [9.17, 15) is 0 Å². The van der Waals surface area contributed by atoms with E-state index in [0.717, 1.165) is 43.5 Å². The minimum Gasteiger partial charge on any atom is -0.356 e. The van der Waals surface area contributed by atoms with Gasteiger partial charge in [0.1, 0.15) is 24.3 Å². The fourth-order valence-corrected chi connectivity index (χ4v) is 3.67. The van der Waals surface area contributed by atoms with Gasteiger partial charge in [-0.15, -0.1) is 0 Å². The highest BCUT2D eigenvalue weighted by Gasteiger charge is 2.41. The van der Waals surface area contributed by atoms with Crippen molar-refractivity contribution in [3.63, 3.8) is 0 Å². The van der Waals surface area contributed by atoms with Gasteiger partial charge in [-0.05, 0) is 19.9 Å². The summed E-state index contributed by atoms with van der Waals surface area (Å²) in [5.74, 6) is 3.52. The Labute approximate surface area is 130 Å². The third-order valence-corrected chi connectivity index (χ3v) is 4.99. The predicted octanol–water partition coefficient (Wildman–Crippen LogP) is 1.46. The lowest BCUT2D eigenvalue weighted by atomic mass is 10.0. The third-order valence-electron chi connectivity index (χ3n) is 4.99. The zero-order valence-corrected chi connectivity index (χ0v) is 13.0. The Morgan fingerprint density at radius 3 is 2.32 bits per heavy atom. The number of fused-ring (bicyclic) bond motifs is 1. The van der Waals surface area contributed by atoms with Crippen LogP contribution < -0.4 is 9.80 Å². The summed E-state index contributed by atoms with van der Waals surface area (Å²) in [4.78, 5) is 22.0. The summed E-state index contributed by atoms with van der Waals surface area (Å²) >= 11 is 0. The molecule has 114 valence electrons. The number of anilines is 2. The Balaban J connectivity index is 1.49. The van der Waals surface area contributed by atoms with Gasteiger partial charge in [0.05, 0.1) is 0 Å². The van der Waals surface area contributed by atoms with Gasteiger partial charge in [0, 0.05) is 55.5 Å². The van der Waals surface area contributed by atoms with Crippen LogP contribution in [0.15, 0.2) is 24.9 Å². The van der Waals surface area contributed by atoms with E-state index in [4.69, 9.17) is 0 Å². The molecule has 4 heterocycles. The maximum absolute atomic E-state index is 4.51. The largest absolute Gasteiger partial charge is 0.356 e. The van der Waals surface area contributed by atoms with Gasteiger partial charge in [-0.1, -0.05) is 0 Å². The molecule has 4 rings (SSSR count). The van der Waals surface area contributed by atoms with Crippen molar-refractivity contribution < 1.29 is 0 Å². The minimum atomic E-state index is 0.685. The lowest BCUT2D eigenvalue weighted by Gasteiger charge is -2.24. The molecule has 2 unspecified atom stereocenters. The minimum absolute atomic E-state index is 0.685. The average molecular weight is 296 g/mol. The SMILES string of the molecule is Cc1ncnc(N2CC3CN(c4ccncn4)CC3C2)c1C. The number of aryl methyl sites for hydroxylation is 1. The van der Waals surface area contributed by atoms with E-state index in [1.165, 1.54) is 5.56 Å². The Morgan fingerprint density at radius 2 is 1.64 bits per heavy atom. The zero-order valence-electron chi connectivity index (χ0n) is 13.0. The highest BCUT2D eigenvalue weighted by atomic mass is 15.3. The van der Waals surface area contributed by atoms with Crippen molar-refractivity contribution >= 4 is 11.6 Å². The number of hydrogen-bond donors (Lipinski definition) is 0. The van der Waals surface area contributed by atoms with Gasteiger partial charge in [0.25, 0.3) is 0 Å². The molecule has 0 radical (unpaired) electrons. The van der Waals surface area contributed by atoms with Crippen LogP contribution in [0, 0.1) is 25.7 Å². The van der Waals surface area contributed by atoms with Crippen LogP contribution in [0.2, 0.25) is 0 Å². The molecule has 0 spiro atoms. The molecule has 2 aromatic heterocycles. The summed E-state index contributed by atoms with van der Waals surface area (Å²) in [7, 11) is 0. The van der Waals surface area contributed by atoms with Crippen molar-refractivity contribution in [2.75, 3.05) is 36.0 Å². The standard InChI is InChI=1S/C16H20N6/c1-11-12(2)18-10-20-16(11)22-7-13-5-21(6-14(13)8-22)15-3-4-17-9-19-15/h3-4,9-10,13-14H,5-8H2,1-2H3. The smallest absolute Gasteiger partial charge is 0.135 e. The van der Waals surface area contributed by atoms with Crippen LogP contribution in [0.1, 0.15) is 11.3 Å². The molecule has 0 N–H and O–H groups in total. The molecule has 2 aliphatic heterocycles. The van der Waals surface area contributed by atoms with Gasteiger partial charge >= 0.3 is 0 Å². The number of aromatic nitrogens is 4. The Hall–Kier alpha value is -2.24. The molecule has 0 aromatic carbocycles. The van der Waals surface area contributed by atoms with Gasteiger partial charge < -0.3 is 9.80 Å². The van der Waals surface area contributed by atoms with Crippen molar-refractivity contribution in [1.82, 2.24) is 19.9 Å². The molecule has 2 aromatic rings. The van der Waals surface area contributed by atoms with Crippen molar-refractivity contribution in [1.29, 1.82) is 0 Å². The van der Waals surface area contributed by atoms with Crippen LogP contribution in [-0.4, -0.2) is 46.1 Å². The Kier molecular flexibility index (Phi) is 3.17. The van der Waals surface area contributed by atoms with Crippen LogP contribution in [0.3, 0.4) is 0 Å². The third kappa shape index (κ3) is 2.19. The predicted molar refractivity (Wildman–Crippen MR) is 84.9 cm³/mol. The van der Waals surface area contributed by atoms with E-state index < -0.39 is 0 Å². The zero-order chi connectivity index (χ0) is 15.1. The molecule has 6 nitrogen and oxygen atoms in total. The first kappa shape index (κ1) is 13.4. The molecule has 0 amide bonds. The molecular formula is C16H20N6. The lowest BCUT2D eigenvalue weighted by molar-refractivity contribution is 0.533. The maximum Gasteiger partial charge on any atom is 0.135 e. The highest BCUT2D eigenvalue weighted by molar-refractivity contribution is 5.50. The summed E-state index contributed by atoms with van der Waals surface area (Å²) in [6.07, 6.45) is 5.12. The van der Waals surface area contributed by atoms with Crippen LogP contribution in [-0.2, 0) is 0 Å². The Morgan fingerprint density at radius 1 is 0.909 bits per heavy atom. The average Bonchev–Trinajstić information content (AvgIpc) is 3.09. The molecule has 0 saturated carbocycles. The topological polar surface area (TPSA) is 58.0 Å². The van der Waals surface area contributed by atoms with Gasteiger partial charge in [0.15, 0.2) is 0 Å². The van der Waals surface area contributed by atoms with E-state index in [0.29, 0.717) is 11.8 Å². The summed E-state index contributed by atoms with van der Waals surface area (Å²) in [6.45, 7) is 8.45. The quantitative estimate of drug-likeness (QED) is 0.836. The number of rotatable bonds is 2. The van der Waals surface area contributed by atoms with Gasteiger partial charge in [-0.2, -0.15) is 0 Å². The van der Waals surface area contributed by atoms with Crippen LogP contribution in [0.25, 0.3) is 0 Å². The monoisotopic (exact) mass is 296 g/mol. The second-order valence-electron chi connectivity index (χ2n) is 6.31. The summed E-state index contributed by atoms with van der Waals surface area (Å²) < 4.78 is 0. The Bertz CT molecular complexity index is 660. The molecule has 22 heavy (non-hydrogen) atoms. The molecular weight excluding hydrogens is 276 g/mol. The van der Waals surface area contributed by atoms with Gasteiger partial charge in [-0.3, -0.25) is 0 Å². The highest BCUT2D eigenvalue weighted by Crippen LogP contribution is 2.35. The normalized spacial score (nSPS) is 23.9. The summed E-state index contributed by atoms with van der Waals surface area (Å²) in [5.41, 5.74) is 2.28. The second kappa shape index (κ2) is 5.19. The van der Waals surface area contributed by atoms with Crippen molar-refractivity contribution in [3.8, 4) is 0 Å². The number of hydrogen-bond acceptors (Lipinski definition) is 6. The molecule has 2 saturated heterocycles. The second-order valence-corrected chi connectivity index (χ2v) is 6.31. The van der Waals surface area contributed by atoms with E-state index >= 15 is 0 Å². The molecule has 0 bridgehead atoms. The van der Waals surface area contributed by atoms with Crippen LogP contribution >= 0.6 is 0 Å². The molecule has 2 fully saturated rings. The first-order valence-corrected chi connectivity index (χ1v) is 7.76. The van der Waals surface area contributed by atoms with Crippen molar-refractivity contribution in [3.05, 3.63) is 36.2 Å². The van der Waals surface area contributed by atoms with E-state index in [1.54, 1.807) is 12.7 Å². The van der Waals surface area contributed by atoms with E-state index in [2.05, 4.69) is 36.7 Å². The fraction of sp³-hybridized carbons (Fsp3) is 0.500. The first-order valence-electron chi connectivity index (χ1n) is 7.76. The van der Waals surface area contributed by atoms with Gasteiger partial charge in [-0.25, -0.2) is 19.9 Å². The first-order chi connectivity index (χ1) is 10.7.